The average Bonchev–Trinajstić information content (AvgIpc) is 4.07. The molecule has 2 unspecified atom stereocenters. The van der Waals surface area contributed by atoms with Crippen LogP contribution < -0.4 is 10.6 Å². The molecule has 0 saturated carbocycles. The molecule has 0 fully saturated rings. The lowest BCUT2D eigenvalue weighted by molar-refractivity contribution is 0.341. The molecule has 14 rings (SSSR count). The van der Waals surface area contributed by atoms with Crippen molar-refractivity contribution in [2.45, 2.75) is 12.5 Å². The van der Waals surface area contributed by atoms with Crippen molar-refractivity contribution in [3.63, 3.8) is 0 Å². The molecular weight excluding hydrogens is 841 g/mol. The van der Waals surface area contributed by atoms with Crippen molar-refractivity contribution >= 4 is 71.3 Å². The van der Waals surface area contributed by atoms with E-state index in [1.54, 1.807) is 0 Å². The number of rotatable bonds is 7. The highest BCUT2D eigenvalue weighted by Crippen LogP contribution is 2.50. The van der Waals surface area contributed by atoms with E-state index in [-0.39, 0.29) is 6.17 Å². The molecule has 69 heavy (non-hydrogen) atoms. The highest BCUT2D eigenvalue weighted by Gasteiger charge is 2.32. The molecule has 0 aliphatic carbocycles. The van der Waals surface area contributed by atoms with Gasteiger partial charge in [-0.2, -0.15) is 0 Å². The van der Waals surface area contributed by atoms with E-state index in [0.717, 1.165) is 89.1 Å². The van der Waals surface area contributed by atoms with Gasteiger partial charge in [-0.15, -0.1) is 0 Å². The maximum Gasteiger partial charge on any atom is 0.184 e. The number of aromatic nitrogens is 3. The Morgan fingerprint density at radius 2 is 0.870 bits per heavy atom. The molecule has 0 saturated heterocycles. The third kappa shape index (κ3) is 6.13. The quantitative estimate of drug-likeness (QED) is 0.168. The molecule has 4 heterocycles. The second-order valence-electron chi connectivity index (χ2n) is 17.9. The fourth-order valence-corrected chi connectivity index (χ4v) is 11.2. The smallest absolute Gasteiger partial charge is 0.184 e. The molecular formula is C63H44N6. The van der Waals surface area contributed by atoms with Gasteiger partial charge in [-0.1, -0.05) is 206 Å². The predicted molar refractivity (Wildman–Crippen MR) is 286 cm³/mol. The topological polar surface area (TPSA) is 51.2 Å². The minimum absolute atomic E-state index is 0.221. The van der Waals surface area contributed by atoms with Gasteiger partial charge in [-0.25, -0.2) is 4.99 Å². The molecule has 13 aromatic rings. The number of benzene rings is 10. The normalized spacial score (nSPS) is 15.1. The van der Waals surface area contributed by atoms with Crippen molar-refractivity contribution in [1.82, 2.24) is 24.3 Å². The second-order valence-corrected chi connectivity index (χ2v) is 17.9. The summed E-state index contributed by atoms with van der Waals surface area (Å²) < 4.78 is 7.54. The maximum atomic E-state index is 5.62. The lowest BCUT2D eigenvalue weighted by Crippen LogP contribution is -2.46. The number of amidine groups is 1. The van der Waals surface area contributed by atoms with Crippen LogP contribution in [-0.4, -0.2) is 19.5 Å². The Morgan fingerprint density at radius 3 is 1.52 bits per heavy atom. The first-order valence-corrected chi connectivity index (χ1v) is 23.7. The number of fused-ring (bicyclic) bond motifs is 10. The van der Waals surface area contributed by atoms with Gasteiger partial charge in [0.25, 0.3) is 0 Å². The highest BCUT2D eigenvalue weighted by atomic mass is 15.4. The zero-order valence-corrected chi connectivity index (χ0v) is 37.5. The summed E-state index contributed by atoms with van der Waals surface area (Å²) >= 11 is 0. The van der Waals surface area contributed by atoms with Crippen LogP contribution in [0.1, 0.15) is 23.6 Å². The molecule has 1 aliphatic rings. The van der Waals surface area contributed by atoms with Gasteiger partial charge >= 0.3 is 0 Å². The summed E-state index contributed by atoms with van der Waals surface area (Å²) in [6.07, 6.45) is -0.710. The second kappa shape index (κ2) is 15.8. The Morgan fingerprint density at radius 1 is 0.377 bits per heavy atom. The standard InChI is InChI=1S/C63H44N6/c1-6-22-41(23-7-1)51-40-52-48-34-18-19-35-53(48)67(45-30-14-5-15-31-45)58(52)56(42-24-8-2-9-25-42)57(51)68-54-36-20-16-32-46(54)49-38-39-50-47-33-17-21-37-55(47)69(60(50)59(49)68)63-65-61(43-26-10-3-11-27-43)64-62(66-63)44-28-12-4-13-29-44/h1-40,61,63,65H,(H,64,66). The van der Waals surface area contributed by atoms with E-state index in [2.05, 4.69) is 267 Å². The Labute approximate surface area is 398 Å². The van der Waals surface area contributed by atoms with Crippen molar-refractivity contribution in [3.05, 3.63) is 254 Å². The molecule has 0 radical (unpaired) electrons. The van der Waals surface area contributed by atoms with Crippen LogP contribution in [0.2, 0.25) is 0 Å². The van der Waals surface area contributed by atoms with E-state index in [9.17, 15) is 0 Å². The highest BCUT2D eigenvalue weighted by molar-refractivity contribution is 6.25. The minimum atomic E-state index is -0.489. The molecule has 0 bridgehead atoms. The van der Waals surface area contributed by atoms with Gasteiger partial charge in [0.2, 0.25) is 0 Å². The molecule has 3 aromatic heterocycles. The molecule has 0 amide bonds. The first-order valence-electron chi connectivity index (χ1n) is 23.7. The van der Waals surface area contributed by atoms with E-state index in [4.69, 9.17) is 4.99 Å². The van der Waals surface area contributed by atoms with E-state index in [0.29, 0.717) is 0 Å². The molecule has 6 heteroatoms. The van der Waals surface area contributed by atoms with Crippen molar-refractivity contribution in [3.8, 4) is 33.6 Å². The first kappa shape index (κ1) is 39.2. The monoisotopic (exact) mass is 884 g/mol. The van der Waals surface area contributed by atoms with Crippen LogP contribution in [0.4, 0.5) is 0 Å². The molecule has 6 nitrogen and oxygen atoms in total. The lowest BCUT2D eigenvalue weighted by atomic mass is 9.92. The Balaban J connectivity index is 1.19. The van der Waals surface area contributed by atoms with E-state index >= 15 is 0 Å². The van der Waals surface area contributed by atoms with Crippen LogP contribution in [0, 0.1) is 0 Å². The zero-order valence-electron chi connectivity index (χ0n) is 37.5. The Hall–Kier alpha value is -8.97. The fourth-order valence-electron chi connectivity index (χ4n) is 11.2. The number of para-hydroxylation sites is 4. The summed E-state index contributed by atoms with van der Waals surface area (Å²) in [6, 6.07) is 87.7. The van der Waals surface area contributed by atoms with Gasteiger partial charge < -0.3 is 19.0 Å². The van der Waals surface area contributed by atoms with Gasteiger partial charge in [0.05, 0.1) is 38.8 Å². The van der Waals surface area contributed by atoms with Gasteiger partial charge in [0.15, 0.2) is 6.29 Å². The number of aliphatic imine (C=N–C) groups is 1. The number of nitrogens with one attached hydrogen (secondary N) is 2. The predicted octanol–water partition coefficient (Wildman–Crippen LogP) is 15.1. The van der Waals surface area contributed by atoms with Gasteiger partial charge in [0.1, 0.15) is 12.0 Å². The lowest BCUT2D eigenvalue weighted by Gasteiger charge is -2.33. The molecule has 2 atom stereocenters. The molecule has 2 N–H and O–H groups in total. The van der Waals surface area contributed by atoms with Crippen LogP contribution in [-0.2, 0) is 0 Å². The summed E-state index contributed by atoms with van der Waals surface area (Å²) in [5.41, 5.74) is 15.7. The van der Waals surface area contributed by atoms with E-state index in [1.807, 2.05) is 0 Å². The summed E-state index contributed by atoms with van der Waals surface area (Å²) in [5.74, 6) is 0.837. The van der Waals surface area contributed by atoms with Crippen LogP contribution >= 0.6 is 0 Å². The third-order valence-electron chi connectivity index (χ3n) is 14.1. The van der Waals surface area contributed by atoms with Crippen LogP contribution in [0.3, 0.4) is 0 Å². The summed E-state index contributed by atoms with van der Waals surface area (Å²) in [6.45, 7) is 0. The molecule has 1 aliphatic heterocycles. The average molecular weight is 885 g/mol. The number of hydrogen-bond acceptors (Lipinski definition) is 3. The van der Waals surface area contributed by atoms with Crippen molar-refractivity contribution in [2.24, 2.45) is 4.99 Å². The van der Waals surface area contributed by atoms with Crippen LogP contribution in [0.15, 0.2) is 248 Å². The minimum Gasteiger partial charge on any atom is -0.350 e. The maximum absolute atomic E-state index is 5.62. The molecule has 0 spiro atoms. The van der Waals surface area contributed by atoms with Crippen molar-refractivity contribution in [2.75, 3.05) is 0 Å². The fraction of sp³-hybridized carbons (Fsp3) is 0.0317. The summed E-state index contributed by atoms with van der Waals surface area (Å²) in [7, 11) is 0. The van der Waals surface area contributed by atoms with Gasteiger partial charge in [-0.05, 0) is 53.1 Å². The van der Waals surface area contributed by atoms with Crippen LogP contribution in [0.5, 0.6) is 0 Å². The SMILES string of the molecule is c1ccc(C2=NC(n3c4ccccc4c4ccc5c6ccccc6n(-c6c(-c7ccccc7)cc7c8ccccc8n(-c8ccccc8)c7c6-c6ccccc6)c5c43)NC(c3ccccc3)N2)cc1. The van der Waals surface area contributed by atoms with Gasteiger partial charge in [0, 0.05) is 54.7 Å². The number of hydrogen-bond donors (Lipinski definition) is 2. The third-order valence-corrected chi connectivity index (χ3v) is 14.1. The van der Waals surface area contributed by atoms with Gasteiger partial charge in [-0.3, -0.25) is 5.32 Å². The molecule has 326 valence electrons. The largest absolute Gasteiger partial charge is 0.350 e. The van der Waals surface area contributed by atoms with E-state index in [1.165, 1.54) is 26.9 Å². The van der Waals surface area contributed by atoms with Crippen molar-refractivity contribution in [1.29, 1.82) is 0 Å². The first-order chi connectivity index (χ1) is 34.3. The summed E-state index contributed by atoms with van der Waals surface area (Å²) in [5, 5.41) is 14.9. The zero-order chi connectivity index (χ0) is 45.4. The van der Waals surface area contributed by atoms with Crippen LogP contribution in [0.25, 0.3) is 99.0 Å². The Kier molecular flexibility index (Phi) is 9.00. The molecule has 10 aromatic carbocycles. The van der Waals surface area contributed by atoms with E-state index < -0.39 is 6.29 Å². The number of nitrogens with zero attached hydrogens (tertiary/aromatic N) is 4. The Bertz CT molecular complexity index is 4110. The van der Waals surface area contributed by atoms with Crippen molar-refractivity contribution < 1.29 is 0 Å². The summed E-state index contributed by atoms with van der Waals surface area (Å²) in [4.78, 5) is 5.62.